The van der Waals surface area contributed by atoms with Gasteiger partial charge in [0, 0.05) is 10.6 Å². The molecular formula is C16H14ClN3O. The molecule has 5 heteroatoms. The maximum Gasteiger partial charge on any atom is 0.117 e. The molecule has 21 heavy (non-hydrogen) atoms. The second-order valence-electron chi connectivity index (χ2n) is 4.70. The summed E-state index contributed by atoms with van der Waals surface area (Å²) in [5.74, 6) is 0. The molecule has 0 spiro atoms. The summed E-state index contributed by atoms with van der Waals surface area (Å²) in [5.41, 5.74) is 4.05. The Balaban J connectivity index is 2.25. The Labute approximate surface area is 127 Å². The third kappa shape index (κ3) is 2.44. The van der Waals surface area contributed by atoms with Crippen LogP contribution in [0.1, 0.15) is 11.3 Å². The molecule has 0 aliphatic rings. The highest BCUT2D eigenvalue weighted by Gasteiger charge is 2.17. The van der Waals surface area contributed by atoms with E-state index in [9.17, 15) is 5.11 Å². The van der Waals surface area contributed by atoms with Crippen molar-refractivity contribution in [3.05, 3.63) is 64.8 Å². The van der Waals surface area contributed by atoms with Gasteiger partial charge >= 0.3 is 0 Å². The first-order chi connectivity index (χ1) is 10.2. The summed E-state index contributed by atoms with van der Waals surface area (Å²) in [6, 6.07) is 15.4. The number of halogens is 1. The summed E-state index contributed by atoms with van der Waals surface area (Å²) in [6.07, 6.45) is 0. The van der Waals surface area contributed by atoms with Crippen LogP contribution in [-0.2, 0) is 6.61 Å². The van der Waals surface area contributed by atoms with E-state index >= 15 is 0 Å². The van der Waals surface area contributed by atoms with Crippen molar-refractivity contribution in [3.63, 3.8) is 0 Å². The van der Waals surface area contributed by atoms with Gasteiger partial charge in [0.1, 0.15) is 11.4 Å². The number of aromatic nitrogens is 3. The number of nitrogens with zero attached hydrogens (tertiary/aromatic N) is 3. The van der Waals surface area contributed by atoms with Crippen LogP contribution in [0.5, 0.6) is 0 Å². The fourth-order valence-electron chi connectivity index (χ4n) is 2.30. The molecule has 0 aliphatic heterocycles. The maximum atomic E-state index is 9.52. The smallest absolute Gasteiger partial charge is 0.117 e. The molecule has 0 amide bonds. The second kappa shape index (κ2) is 5.68. The van der Waals surface area contributed by atoms with E-state index in [1.807, 2.05) is 55.5 Å². The molecule has 0 radical (unpaired) electrons. The molecule has 0 saturated heterocycles. The monoisotopic (exact) mass is 299 g/mol. The molecule has 1 N–H and O–H groups in total. The first-order valence-electron chi connectivity index (χ1n) is 6.58. The van der Waals surface area contributed by atoms with Crippen LogP contribution < -0.4 is 0 Å². The molecule has 1 heterocycles. The van der Waals surface area contributed by atoms with E-state index in [-0.39, 0.29) is 6.61 Å². The van der Waals surface area contributed by atoms with Gasteiger partial charge in [-0.05, 0) is 24.6 Å². The summed E-state index contributed by atoms with van der Waals surface area (Å²) in [5, 5.41) is 18.5. The molecule has 2 aromatic carbocycles. The molecule has 106 valence electrons. The number of benzene rings is 2. The van der Waals surface area contributed by atoms with Crippen LogP contribution in [0.15, 0.2) is 48.5 Å². The lowest BCUT2D eigenvalue weighted by Gasteiger charge is -2.11. The Morgan fingerprint density at radius 2 is 1.86 bits per heavy atom. The van der Waals surface area contributed by atoms with Gasteiger partial charge in [-0.3, -0.25) is 0 Å². The molecule has 1 aromatic heterocycles. The van der Waals surface area contributed by atoms with E-state index in [4.69, 9.17) is 11.6 Å². The minimum absolute atomic E-state index is 0.163. The van der Waals surface area contributed by atoms with Crippen molar-refractivity contribution in [1.82, 2.24) is 15.0 Å². The Bertz CT molecular complexity index is 768. The van der Waals surface area contributed by atoms with E-state index in [0.29, 0.717) is 10.7 Å². The molecular weight excluding hydrogens is 286 g/mol. The number of aliphatic hydroxyl groups excluding tert-OH is 1. The zero-order valence-electron chi connectivity index (χ0n) is 11.5. The van der Waals surface area contributed by atoms with Crippen LogP contribution in [0.3, 0.4) is 0 Å². The topological polar surface area (TPSA) is 50.9 Å². The van der Waals surface area contributed by atoms with Gasteiger partial charge in [-0.15, -0.1) is 5.10 Å². The molecule has 0 fully saturated rings. The van der Waals surface area contributed by atoms with E-state index < -0.39 is 0 Å². The molecule has 0 unspecified atom stereocenters. The van der Waals surface area contributed by atoms with Crippen LogP contribution in [-0.4, -0.2) is 20.1 Å². The number of aliphatic hydroxyl groups is 1. The number of rotatable bonds is 3. The molecule has 0 bridgehead atoms. The lowest BCUT2D eigenvalue weighted by atomic mass is 10.1. The van der Waals surface area contributed by atoms with Crippen molar-refractivity contribution in [2.75, 3.05) is 0 Å². The lowest BCUT2D eigenvalue weighted by molar-refractivity contribution is 0.277. The van der Waals surface area contributed by atoms with E-state index in [2.05, 4.69) is 10.3 Å². The van der Waals surface area contributed by atoms with Crippen LogP contribution in [0.25, 0.3) is 16.9 Å². The highest BCUT2D eigenvalue weighted by atomic mass is 35.5. The predicted molar refractivity (Wildman–Crippen MR) is 82.5 cm³/mol. The van der Waals surface area contributed by atoms with Crippen LogP contribution in [0.2, 0.25) is 5.02 Å². The summed E-state index contributed by atoms with van der Waals surface area (Å²) in [6.45, 7) is 1.77. The van der Waals surface area contributed by atoms with Gasteiger partial charge in [0.25, 0.3) is 0 Å². The lowest BCUT2D eigenvalue weighted by Crippen LogP contribution is -2.02. The Morgan fingerprint density at radius 1 is 1.10 bits per heavy atom. The average Bonchev–Trinajstić information content (AvgIpc) is 2.94. The van der Waals surface area contributed by atoms with Crippen molar-refractivity contribution in [1.29, 1.82) is 0 Å². The molecule has 4 nitrogen and oxygen atoms in total. The predicted octanol–water partition coefficient (Wildman–Crippen LogP) is 3.39. The van der Waals surface area contributed by atoms with Crippen LogP contribution in [0.4, 0.5) is 0 Å². The van der Waals surface area contributed by atoms with Crippen LogP contribution >= 0.6 is 11.6 Å². The Kier molecular flexibility index (Phi) is 3.73. The van der Waals surface area contributed by atoms with Gasteiger partial charge < -0.3 is 5.11 Å². The van der Waals surface area contributed by atoms with Gasteiger partial charge in [0.2, 0.25) is 0 Å². The maximum absolute atomic E-state index is 9.52. The number of hydrogen-bond donors (Lipinski definition) is 1. The van der Waals surface area contributed by atoms with Crippen LogP contribution in [0, 0.1) is 6.92 Å². The molecule has 0 atom stereocenters. The molecule has 0 saturated carbocycles. The second-order valence-corrected chi connectivity index (χ2v) is 5.11. The highest BCUT2D eigenvalue weighted by molar-refractivity contribution is 6.31. The SMILES string of the molecule is Cc1c(Cl)cccc1-n1nnc(CO)c1-c1ccccc1. The summed E-state index contributed by atoms with van der Waals surface area (Å²) < 4.78 is 1.72. The van der Waals surface area contributed by atoms with E-state index in [1.165, 1.54) is 0 Å². The summed E-state index contributed by atoms with van der Waals surface area (Å²) in [4.78, 5) is 0. The zero-order chi connectivity index (χ0) is 14.8. The van der Waals surface area contributed by atoms with Crippen molar-refractivity contribution < 1.29 is 5.11 Å². The third-order valence-electron chi connectivity index (χ3n) is 3.40. The van der Waals surface area contributed by atoms with Crippen molar-refractivity contribution in [3.8, 4) is 16.9 Å². The quantitative estimate of drug-likeness (QED) is 0.806. The minimum atomic E-state index is -0.163. The molecule has 3 aromatic rings. The fraction of sp³-hybridized carbons (Fsp3) is 0.125. The first-order valence-corrected chi connectivity index (χ1v) is 6.96. The zero-order valence-corrected chi connectivity index (χ0v) is 12.2. The molecule has 0 aliphatic carbocycles. The van der Waals surface area contributed by atoms with E-state index in [0.717, 1.165) is 22.5 Å². The molecule has 3 rings (SSSR count). The van der Waals surface area contributed by atoms with E-state index in [1.54, 1.807) is 4.68 Å². The van der Waals surface area contributed by atoms with Crippen molar-refractivity contribution in [2.24, 2.45) is 0 Å². The largest absolute Gasteiger partial charge is 0.390 e. The van der Waals surface area contributed by atoms with Crippen molar-refractivity contribution in [2.45, 2.75) is 13.5 Å². The van der Waals surface area contributed by atoms with Gasteiger partial charge in [0.15, 0.2) is 0 Å². The first kappa shape index (κ1) is 13.8. The fourth-order valence-corrected chi connectivity index (χ4v) is 2.47. The normalized spacial score (nSPS) is 10.8. The Morgan fingerprint density at radius 3 is 2.57 bits per heavy atom. The third-order valence-corrected chi connectivity index (χ3v) is 3.81. The summed E-state index contributed by atoms with van der Waals surface area (Å²) in [7, 11) is 0. The highest BCUT2D eigenvalue weighted by Crippen LogP contribution is 2.28. The standard InChI is InChI=1S/C16H14ClN3O/c1-11-13(17)8-5-9-15(11)20-16(14(10-21)18-19-20)12-6-3-2-4-7-12/h2-9,21H,10H2,1H3. The Hall–Kier alpha value is -2.17. The minimum Gasteiger partial charge on any atom is -0.390 e. The summed E-state index contributed by atoms with van der Waals surface area (Å²) >= 11 is 6.19. The van der Waals surface area contributed by atoms with Crippen molar-refractivity contribution >= 4 is 11.6 Å². The van der Waals surface area contributed by atoms with Gasteiger partial charge in [0.05, 0.1) is 12.3 Å². The van der Waals surface area contributed by atoms with Gasteiger partial charge in [-0.1, -0.05) is 53.2 Å². The van der Waals surface area contributed by atoms with Gasteiger partial charge in [-0.2, -0.15) is 0 Å². The number of hydrogen-bond acceptors (Lipinski definition) is 3. The van der Waals surface area contributed by atoms with Gasteiger partial charge in [-0.25, -0.2) is 4.68 Å². The average molecular weight is 300 g/mol.